The number of carbonyl (C=O) groups excluding carboxylic acids is 2. The van der Waals surface area contributed by atoms with Crippen molar-refractivity contribution in [2.75, 3.05) is 13.1 Å². The number of carbonyl (C=O) groups is 3. The van der Waals surface area contributed by atoms with E-state index in [9.17, 15) is 14.4 Å². The van der Waals surface area contributed by atoms with Crippen LogP contribution in [0, 0.1) is 0 Å². The summed E-state index contributed by atoms with van der Waals surface area (Å²) in [7, 11) is 0. The second-order valence-corrected chi connectivity index (χ2v) is 5.81. The molecule has 1 aliphatic heterocycles. The summed E-state index contributed by atoms with van der Waals surface area (Å²) in [5, 5.41) is 8.58. The number of amides is 2. The summed E-state index contributed by atoms with van der Waals surface area (Å²) in [5.41, 5.74) is -0.428. The molecule has 1 saturated heterocycles. The van der Waals surface area contributed by atoms with Crippen LogP contribution in [0.3, 0.4) is 0 Å². The molecule has 0 unspecified atom stereocenters. The van der Waals surface area contributed by atoms with Gasteiger partial charge in [-0.25, -0.2) is 0 Å². The van der Waals surface area contributed by atoms with E-state index in [4.69, 9.17) is 5.11 Å². The maximum Gasteiger partial charge on any atom is 0.303 e. The number of aliphatic carboxylic acids is 1. The fourth-order valence-corrected chi connectivity index (χ4v) is 2.71. The molecule has 19 heavy (non-hydrogen) atoms. The van der Waals surface area contributed by atoms with Crippen LogP contribution in [0.4, 0.5) is 0 Å². The molecule has 0 aromatic rings. The van der Waals surface area contributed by atoms with Crippen molar-refractivity contribution in [3.63, 3.8) is 0 Å². The lowest BCUT2D eigenvalue weighted by molar-refractivity contribution is -0.156. The summed E-state index contributed by atoms with van der Waals surface area (Å²) in [4.78, 5) is 37.7. The molecule has 1 aliphatic rings. The lowest BCUT2D eigenvalue weighted by atomic mass is 9.96. The van der Waals surface area contributed by atoms with Crippen LogP contribution in [-0.4, -0.2) is 57.4 Å². The Labute approximate surface area is 113 Å². The number of carboxylic acid groups (broad SMARTS) is 1. The molecule has 1 rings (SSSR count). The number of hydrogen-bond donors (Lipinski definition) is 1. The van der Waals surface area contributed by atoms with E-state index in [1.165, 1.54) is 4.90 Å². The maximum absolute atomic E-state index is 12.1. The molecule has 0 aromatic heterocycles. The molecule has 0 atom stereocenters. The maximum atomic E-state index is 12.1. The van der Waals surface area contributed by atoms with Crippen LogP contribution in [0.15, 0.2) is 0 Å². The molecule has 6 heteroatoms. The SMILES string of the molecule is CC(C)N1C(=O)CN(C(=O)CCC(=O)O)CC1(C)C. The Bertz CT molecular complexity index is 390. The molecular formula is C13H22N2O4. The molecule has 0 spiro atoms. The van der Waals surface area contributed by atoms with Gasteiger partial charge in [0.05, 0.1) is 18.5 Å². The average molecular weight is 270 g/mol. The van der Waals surface area contributed by atoms with Crippen molar-refractivity contribution in [1.29, 1.82) is 0 Å². The summed E-state index contributed by atoms with van der Waals surface area (Å²) in [6.45, 7) is 8.21. The highest BCUT2D eigenvalue weighted by Crippen LogP contribution is 2.24. The zero-order valence-corrected chi connectivity index (χ0v) is 12.0. The van der Waals surface area contributed by atoms with Crippen molar-refractivity contribution in [3.05, 3.63) is 0 Å². The predicted molar refractivity (Wildman–Crippen MR) is 69.5 cm³/mol. The molecule has 1 N–H and O–H groups in total. The minimum absolute atomic E-state index is 0.0417. The van der Waals surface area contributed by atoms with Gasteiger partial charge in [0.15, 0.2) is 0 Å². The van der Waals surface area contributed by atoms with Crippen LogP contribution in [0.1, 0.15) is 40.5 Å². The highest BCUT2D eigenvalue weighted by molar-refractivity contribution is 5.88. The smallest absolute Gasteiger partial charge is 0.303 e. The van der Waals surface area contributed by atoms with Crippen molar-refractivity contribution >= 4 is 17.8 Å². The van der Waals surface area contributed by atoms with E-state index in [-0.39, 0.29) is 37.2 Å². The number of piperazine rings is 1. The van der Waals surface area contributed by atoms with Gasteiger partial charge in [-0.2, -0.15) is 0 Å². The summed E-state index contributed by atoms with van der Waals surface area (Å²) < 4.78 is 0. The van der Waals surface area contributed by atoms with Crippen LogP contribution >= 0.6 is 0 Å². The zero-order valence-electron chi connectivity index (χ0n) is 12.0. The van der Waals surface area contributed by atoms with Crippen LogP contribution in [-0.2, 0) is 14.4 Å². The van der Waals surface area contributed by atoms with E-state index in [0.29, 0.717) is 6.54 Å². The number of carboxylic acids is 1. The third kappa shape index (κ3) is 3.68. The highest BCUT2D eigenvalue weighted by atomic mass is 16.4. The minimum Gasteiger partial charge on any atom is -0.481 e. The second kappa shape index (κ2) is 5.59. The van der Waals surface area contributed by atoms with Gasteiger partial charge in [0.25, 0.3) is 0 Å². The molecule has 0 aromatic carbocycles. The van der Waals surface area contributed by atoms with E-state index < -0.39 is 11.5 Å². The third-order valence-electron chi connectivity index (χ3n) is 3.25. The standard InChI is InChI=1S/C13H22N2O4/c1-9(2)15-11(17)7-14(8-13(15,3)4)10(16)5-6-12(18)19/h9H,5-8H2,1-4H3,(H,18,19). The third-order valence-corrected chi connectivity index (χ3v) is 3.25. The zero-order chi connectivity index (χ0) is 14.8. The topological polar surface area (TPSA) is 77.9 Å². The number of rotatable bonds is 4. The lowest BCUT2D eigenvalue weighted by Crippen LogP contribution is -2.64. The van der Waals surface area contributed by atoms with Crippen molar-refractivity contribution in [3.8, 4) is 0 Å². The molecule has 0 aliphatic carbocycles. The molecule has 108 valence electrons. The lowest BCUT2D eigenvalue weighted by Gasteiger charge is -2.48. The van der Waals surface area contributed by atoms with Gasteiger partial charge in [0, 0.05) is 19.0 Å². The fraction of sp³-hybridized carbons (Fsp3) is 0.769. The molecule has 0 radical (unpaired) electrons. The normalized spacial score (nSPS) is 18.9. The Balaban J connectivity index is 2.74. The van der Waals surface area contributed by atoms with Crippen molar-refractivity contribution in [2.45, 2.75) is 52.1 Å². The fourth-order valence-electron chi connectivity index (χ4n) is 2.71. The van der Waals surface area contributed by atoms with Crippen LogP contribution in [0.5, 0.6) is 0 Å². The summed E-state index contributed by atoms with van der Waals surface area (Å²) >= 11 is 0. The largest absolute Gasteiger partial charge is 0.481 e. The molecule has 1 fully saturated rings. The van der Waals surface area contributed by atoms with Crippen LogP contribution < -0.4 is 0 Å². The van der Waals surface area contributed by atoms with Crippen molar-refractivity contribution in [2.24, 2.45) is 0 Å². The Kier molecular flexibility index (Phi) is 4.55. The average Bonchev–Trinajstić information content (AvgIpc) is 2.22. The van der Waals surface area contributed by atoms with Gasteiger partial charge in [0.2, 0.25) is 11.8 Å². The first-order valence-corrected chi connectivity index (χ1v) is 6.47. The van der Waals surface area contributed by atoms with Gasteiger partial charge in [-0.3, -0.25) is 14.4 Å². The number of nitrogens with zero attached hydrogens (tertiary/aromatic N) is 2. The number of hydrogen-bond acceptors (Lipinski definition) is 3. The summed E-state index contributed by atoms with van der Waals surface area (Å²) in [6, 6.07) is 0.0822. The van der Waals surface area contributed by atoms with E-state index in [0.717, 1.165) is 0 Å². The van der Waals surface area contributed by atoms with E-state index >= 15 is 0 Å². The van der Waals surface area contributed by atoms with Gasteiger partial charge in [0.1, 0.15) is 0 Å². The molecule has 6 nitrogen and oxygen atoms in total. The van der Waals surface area contributed by atoms with Gasteiger partial charge >= 0.3 is 5.97 Å². The van der Waals surface area contributed by atoms with Gasteiger partial charge < -0.3 is 14.9 Å². The molecule has 0 bridgehead atoms. The summed E-state index contributed by atoms with van der Waals surface area (Å²) in [6.07, 6.45) is -0.252. The van der Waals surface area contributed by atoms with Gasteiger partial charge in [-0.05, 0) is 27.7 Å². The van der Waals surface area contributed by atoms with Crippen molar-refractivity contribution in [1.82, 2.24) is 9.80 Å². The summed E-state index contributed by atoms with van der Waals surface area (Å²) in [5.74, 6) is -1.36. The Morgan fingerprint density at radius 1 is 1.32 bits per heavy atom. The molecule has 2 amide bonds. The molecular weight excluding hydrogens is 248 g/mol. The van der Waals surface area contributed by atoms with Crippen LogP contribution in [0.25, 0.3) is 0 Å². The highest BCUT2D eigenvalue weighted by Gasteiger charge is 2.41. The quantitative estimate of drug-likeness (QED) is 0.816. The Hall–Kier alpha value is -1.59. The Morgan fingerprint density at radius 3 is 2.32 bits per heavy atom. The minimum atomic E-state index is -1.00. The van der Waals surface area contributed by atoms with Gasteiger partial charge in [-0.1, -0.05) is 0 Å². The Morgan fingerprint density at radius 2 is 1.89 bits per heavy atom. The molecule has 0 saturated carbocycles. The first kappa shape index (κ1) is 15.5. The first-order valence-electron chi connectivity index (χ1n) is 6.47. The van der Waals surface area contributed by atoms with Crippen LogP contribution in [0.2, 0.25) is 0 Å². The van der Waals surface area contributed by atoms with Gasteiger partial charge in [-0.15, -0.1) is 0 Å². The monoisotopic (exact) mass is 270 g/mol. The second-order valence-electron chi connectivity index (χ2n) is 5.81. The van der Waals surface area contributed by atoms with E-state index in [2.05, 4.69) is 0 Å². The molecule has 1 heterocycles. The van der Waals surface area contributed by atoms with E-state index in [1.807, 2.05) is 27.7 Å². The van der Waals surface area contributed by atoms with Crippen molar-refractivity contribution < 1.29 is 19.5 Å². The predicted octanol–water partition coefficient (Wildman–Crippen LogP) is 0.709. The van der Waals surface area contributed by atoms with E-state index in [1.54, 1.807) is 4.90 Å². The first-order chi connectivity index (χ1) is 8.65.